The molecular weight excluding hydrogens is 276 g/mol. The number of aromatic nitrogens is 2. The molecule has 2 heterocycles. The van der Waals surface area contributed by atoms with Crippen LogP contribution in [-0.4, -0.2) is 27.8 Å². The normalized spacial score (nSPS) is 21.5. The molecule has 0 bridgehead atoms. The fourth-order valence-electron chi connectivity index (χ4n) is 2.80. The molecule has 0 radical (unpaired) electrons. The van der Waals surface area contributed by atoms with Crippen molar-refractivity contribution in [2.45, 2.75) is 38.3 Å². The highest BCUT2D eigenvalue weighted by molar-refractivity contribution is 5.85. The quantitative estimate of drug-likeness (QED) is 0.908. The number of carbonyl (C=O) groups is 1. The molecule has 1 aliphatic rings. The van der Waals surface area contributed by atoms with Crippen molar-refractivity contribution in [1.29, 1.82) is 0 Å². The Balaban J connectivity index is 1.60. The molecule has 1 saturated heterocycles. The van der Waals surface area contributed by atoms with Gasteiger partial charge in [0.15, 0.2) is 0 Å². The fraction of sp³-hybridized carbons (Fsp3) is 0.412. The van der Waals surface area contributed by atoms with Crippen LogP contribution >= 0.6 is 0 Å². The average Bonchev–Trinajstić information content (AvgIpc) is 3.03. The largest absolute Gasteiger partial charge is 0.350 e. The molecule has 0 saturated carbocycles. The minimum absolute atomic E-state index is 0.0691. The number of nitrogens with one attached hydrogen (secondary N) is 2. The molecule has 1 atom stereocenters. The first-order valence-corrected chi connectivity index (χ1v) is 7.80. The van der Waals surface area contributed by atoms with Gasteiger partial charge in [-0.25, -0.2) is 4.68 Å². The van der Waals surface area contributed by atoms with Gasteiger partial charge in [-0.2, -0.15) is 5.10 Å². The molecule has 1 amide bonds. The Kier molecular flexibility index (Phi) is 4.24. The molecule has 116 valence electrons. The molecule has 22 heavy (non-hydrogen) atoms. The molecule has 1 unspecified atom stereocenters. The van der Waals surface area contributed by atoms with Crippen molar-refractivity contribution in [2.24, 2.45) is 0 Å². The van der Waals surface area contributed by atoms with Gasteiger partial charge in [-0.05, 0) is 44.9 Å². The Hall–Kier alpha value is -2.14. The van der Waals surface area contributed by atoms with Crippen molar-refractivity contribution in [1.82, 2.24) is 20.4 Å². The first kappa shape index (κ1) is 14.8. The van der Waals surface area contributed by atoms with Gasteiger partial charge in [-0.3, -0.25) is 4.79 Å². The van der Waals surface area contributed by atoms with Crippen LogP contribution in [0.25, 0.3) is 5.69 Å². The summed E-state index contributed by atoms with van der Waals surface area (Å²) < 4.78 is 1.82. The SMILES string of the molecule is CC1(C(=O)NCc2cnn(-c3ccccc3)c2)CCCCN1. The number of hydrogen-bond donors (Lipinski definition) is 2. The van der Waals surface area contributed by atoms with Crippen LogP contribution < -0.4 is 10.6 Å². The second-order valence-corrected chi connectivity index (χ2v) is 6.03. The summed E-state index contributed by atoms with van der Waals surface area (Å²) in [5.74, 6) is 0.0691. The van der Waals surface area contributed by atoms with Crippen molar-refractivity contribution < 1.29 is 4.79 Å². The molecule has 1 aliphatic heterocycles. The lowest BCUT2D eigenvalue weighted by atomic mass is 9.90. The Bertz CT molecular complexity index is 629. The maximum atomic E-state index is 12.4. The van der Waals surface area contributed by atoms with Gasteiger partial charge in [0.2, 0.25) is 5.91 Å². The number of piperidine rings is 1. The van der Waals surface area contributed by atoms with Crippen LogP contribution in [0.3, 0.4) is 0 Å². The number of para-hydroxylation sites is 1. The highest BCUT2D eigenvalue weighted by atomic mass is 16.2. The summed E-state index contributed by atoms with van der Waals surface area (Å²) in [7, 11) is 0. The maximum Gasteiger partial charge on any atom is 0.240 e. The summed E-state index contributed by atoms with van der Waals surface area (Å²) in [6.45, 7) is 3.40. The van der Waals surface area contributed by atoms with Gasteiger partial charge in [0.1, 0.15) is 0 Å². The lowest BCUT2D eigenvalue weighted by Gasteiger charge is -2.33. The smallest absolute Gasteiger partial charge is 0.240 e. The van der Waals surface area contributed by atoms with Crippen LogP contribution in [0.2, 0.25) is 0 Å². The summed E-state index contributed by atoms with van der Waals surface area (Å²) in [6.07, 6.45) is 6.88. The van der Waals surface area contributed by atoms with E-state index in [0.717, 1.165) is 37.1 Å². The van der Waals surface area contributed by atoms with E-state index in [4.69, 9.17) is 0 Å². The standard InChI is InChI=1S/C17H22N4O/c1-17(9-5-6-10-19-17)16(22)18-11-14-12-20-21(13-14)15-7-3-2-4-8-15/h2-4,7-8,12-13,19H,5-6,9-11H2,1H3,(H,18,22). The Labute approximate surface area is 130 Å². The first-order valence-electron chi connectivity index (χ1n) is 7.80. The van der Waals surface area contributed by atoms with Crippen LogP contribution in [0.15, 0.2) is 42.7 Å². The predicted molar refractivity (Wildman–Crippen MR) is 85.7 cm³/mol. The van der Waals surface area contributed by atoms with Crippen molar-refractivity contribution in [2.75, 3.05) is 6.54 Å². The van der Waals surface area contributed by atoms with Gasteiger partial charge in [-0.15, -0.1) is 0 Å². The molecule has 0 aliphatic carbocycles. The molecule has 2 aromatic rings. The molecule has 0 spiro atoms. The third-order valence-corrected chi connectivity index (χ3v) is 4.23. The summed E-state index contributed by atoms with van der Waals surface area (Å²) in [5.41, 5.74) is 1.57. The van der Waals surface area contributed by atoms with Gasteiger partial charge in [0.05, 0.1) is 17.4 Å². The third kappa shape index (κ3) is 3.20. The molecular formula is C17H22N4O. The highest BCUT2D eigenvalue weighted by Gasteiger charge is 2.33. The molecule has 2 N–H and O–H groups in total. The zero-order valence-electron chi connectivity index (χ0n) is 12.9. The van der Waals surface area contributed by atoms with E-state index in [9.17, 15) is 4.79 Å². The van der Waals surface area contributed by atoms with Crippen molar-refractivity contribution in [3.63, 3.8) is 0 Å². The number of rotatable bonds is 4. The molecule has 1 fully saturated rings. The number of nitrogens with zero attached hydrogens (tertiary/aromatic N) is 2. The lowest BCUT2D eigenvalue weighted by molar-refractivity contribution is -0.128. The zero-order chi connectivity index (χ0) is 15.4. The van der Waals surface area contributed by atoms with Crippen molar-refractivity contribution in [3.8, 4) is 5.69 Å². The van der Waals surface area contributed by atoms with E-state index in [1.54, 1.807) is 6.20 Å². The Morgan fingerprint density at radius 1 is 1.36 bits per heavy atom. The van der Waals surface area contributed by atoms with Gasteiger partial charge in [-0.1, -0.05) is 18.2 Å². The highest BCUT2D eigenvalue weighted by Crippen LogP contribution is 2.19. The minimum atomic E-state index is -0.437. The second-order valence-electron chi connectivity index (χ2n) is 6.03. The number of hydrogen-bond acceptors (Lipinski definition) is 3. The number of carbonyl (C=O) groups excluding carboxylic acids is 1. The van der Waals surface area contributed by atoms with Gasteiger partial charge >= 0.3 is 0 Å². The summed E-state index contributed by atoms with van der Waals surface area (Å²) >= 11 is 0. The summed E-state index contributed by atoms with van der Waals surface area (Å²) in [4.78, 5) is 12.4. The van der Waals surface area contributed by atoms with E-state index in [1.807, 2.05) is 48.1 Å². The van der Waals surface area contributed by atoms with Crippen molar-refractivity contribution in [3.05, 3.63) is 48.3 Å². The topological polar surface area (TPSA) is 59.0 Å². The average molecular weight is 298 g/mol. The molecule has 5 nitrogen and oxygen atoms in total. The first-order chi connectivity index (χ1) is 10.7. The maximum absolute atomic E-state index is 12.4. The van der Waals surface area contributed by atoms with E-state index in [0.29, 0.717) is 6.54 Å². The fourth-order valence-corrected chi connectivity index (χ4v) is 2.80. The Morgan fingerprint density at radius 2 is 2.18 bits per heavy atom. The van der Waals surface area contributed by atoms with Gasteiger partial charge in [0.25, 0.3) is 0 Å². The van der Waals surface area contributed by atoms with E-state index >= 15 is 0 Å². The predicted octanol–water partition coefficient (Wildman–Crippen LogP) is 2.02. The Morgan fingerprint density at radius 3 is 2.91 bits per heavy atom. The number of amides is 1. The minimum Gasteiger partial charge on any atom is -0.350 e. The lowest BCUT2D eigenvalue weighted by Crippen LogP contribution is -2.56. The third-order valence-electron chi connectivity index (χ3n) is 4.23. The van der Waals surface area contributed by atoms with Gasteiger partial charge in [0, 0.05) is 18.3 Å². The van der Waals surface area contributed by atoms with E-state index in [2.05, 4.69) is 15.7 Å². The number of benzene rings is 1. The molecule has 5 heteroatoms. The van der Waals surface area contributed by atoms with Crippen LogP contribution in [-0.2, 0) is 11.3 Å². The monoisotopic (exact) mass is 298 g/mol. The summed E-state index contributed by atoms with van der Waals surface area (Å²) in [5, 5.41) is 10.7. The second kappa shape index (κ2) is 6.32. The molecule has 3 rings (SSSR count). The van der Waals surface area contributed by atoms with Crippen LogP contribution in [0, 0.1) is 0 Å². The van der Waals surface area contributed by atoms with Gasteiger partial charge < -0.3 is 10.6 Å². The van der Waals surface area contributed by atoms with E-state index in [1.165, 1.54) is 0 Å². The molecule has 1 aromatic heterocycles. The van der Waals surface area contributed by atoms with Crippen LogP contribution in [0.5, 0.6) is 0 Å². The zero-order valence-corrected chi connectivity index (χ0v) is 12.9. The van der Waals surface area contributed by atoms with E-state index in [-0.39, 0.29) is 5.91 Å². The van der Waals surface area contributed by atoms with E-state index < -0.39 is 5.54 Å². The van der Waals surface area contributed by atoms with Crippen LogP contribution in [0.1, 0.15) is 31.7 Å². The summed E-state index contributed by atoms with van der Waals surface area (Å²) in [6, 6.07) is 9.94. The molecule has 1 aromatic carbocycles. The van der Waals surface area contributed by atoms with Crippen molar-refractivity contribution >= 4 is 5.91 Å². The van der Waals surface area contributed by atoms with Crippen LogP contribution in [0.4, 0.5) is 0 Å².